The van der Waals surface area contributed by atoms with Gasteiger partial charge in [-0.25, -0.2) is 9.78 Å². The molecule has 6 heteroatoms. The van der Waals surface area contributed by atoms with Crippen LogP contribution < -0.4 is 10.2 Å². The van der Waals surface area contributed by atoms with Crippen molar-refractivity contribution < 1.29 is 9.53 Å². The summed E-state index contributed by atoms with van der Waals surface area (Å²) in [6, 6.07) is 29.4. The molecule has 6 rings (SSSR count). The van der Waals surface area contributed by atoms with E-state index in [0.717, 1.165) is 80.9 Å². The molecule has 0 saturated carbocycles. The van der Waals surface area contributed by atoms with Crippen molar-refractivity contribution in [1.29, 1.82) is 0 Å². The summed E-state index contributed by atoms with van der Waals surface area (Å²) in [6.45, 7) is 7.73. The fourth-order valence-electron chi connectivity index (χ4n) is 6.28. The molecule has 0 unspecified atom stereocenters. The SMILES string of the molecule is CCCNC(=O)OC1(CCCCN2CCN(c3ccc4ccccc4n3)CC2)c2ccccc2-c2ccccc21. The molecular formula is C34H38N4O2. The maximum atomic E-state index is 12.9. The van der Waals surface area contributed by atoms with Gasteiger partial charge in [-0.2, -0.15) is 0 Å². The van der Waals surface area contributed by atoms with Crippen molar-refractivity contribution in [2.75, 3.05) is 44.2 Å². The Balaban J connectivity index is 1.10. The lowest BCUT2D eigenvalue weighted by Gasteiger charge is -2.36. The fourth-order valence-corrected chi connectivity index (χ4v) is 6.28. The van der Waals surface area contributed by atoms with Crippen LogP contribution in [0, 0.1) is 0 Å². The summed E-state index contributed by atoms with van der Waals surface area (Å²) < 4.78 is 6.36. The predicted molar refractivity (Wildman–Crippen MR) is 162 cm³/mol. The Hall–Kier alpha value is -3.90. The molecule has 2 heterocycles. The first kappa shape index (κ1) is 26.3. The van der Waals surface area contributed by atoms with Crippen molar-refractivity contribution in [1.82, 2.24) is 15.2 Å². The Morgan fingerprint density at radius 2 is 1.52 bits per heavy atom. The molecular weight excluding hydrogens is 496 g/mol. The number of anilines is 1. The molecule has 4 aromatic rings. The number of nitrogens with one attached hydrogen (secondary N) is 1. The van der Waals surface area contributed by atoms with Gasteiger partial charge in [-0.1, -0.05) is 73.7 Å². The zero-order chi connectivity index (χ0) is 27.4. The van der Waals surface area contributed by atoms with E-state index in [1.54, 1.807) is 0 Å². The number of hydrogen-bond acceptors (Lipinski definition) is 5. The number of aromatic nitrogens is 1. The third-order valence-electron chi connectivity index (χ3n) is 8.33. The third kappa shape index (κ3) is 5.16. The Kier molecular flexibility index (Phi) is 7.69. The Bertz CT molecular complexity index is 1430. The lowest BCUT2D eigenvalue weighted by atomic mass is 9.86. The highest BCUT2D eigenvalue weighted by Crippen LogP contribution is 2.52. The van der Waals surface area contributed by atoms with Gasteiger partial charge in [0.15, 0.2) is 5.60 Å². The number of carbonyl (C=O) groups is 1. The zero-order valence-electron chi connectivity index (χ0n) is 23.3. The number of carbonyl (C=O) groups excluding carboxylic acids is 1. The van der Waals surface area contributed by atoms with Crippen LogP contribution in [0.25, 0.3) is 22.0 Å². The van der Waals surface area contributed by atoms with Crippen molar-refractivity contribution in [3.8, 4) is 11.1 Å². The molecule has 3 aromatic carbocycles. The molecule has 1 saturated heterocycles. The number of rotatable bonds is 9. The largest absolute Gasteiger partial charge is 0.433 e. The minimum absolute atomic E-state index is 0.341. The number of unbranched alkanes of at least 4 members (excludes halogenated alkanes) is 1. The molecule has 0 radical (unpaired) electrons. The number of ether oxygens (including phenoxy) is 1. The van der Waals surface area contributed by atoms with Crippen LogP contribution in [-0.4, -0.2) is 55.2 Å². The molecule has 0 spiro atoms. The zero-order valence-corrected chi connectivity index (χ0v) is 23.3. The average molecular weight is 535 g/mol. The lowest BCUT2D eigenvalue weighted by Crippen LogP contribution is -2.47. The predicted octanol–water partition coefficient (Wildman–Crippen LogP) is 6.59. The van der Waals surface area contributed by atoms with Crippen LogP contribution in [0.4, 0.5) is 10.6 Å². The standard InChI is InChI=1S/C34H38N4O2/c1-2-20-35-33(39)40-34(29-14-6-4-12-27(29)28-13-5-7-15-30(28)34)19-9-10-21-37-22-24-38(25-23-37)32-18-17-26-11-3-8-16-31(26)36-32/h3-8,11-18H,2,9-10,19-25H2,1H3,(H,35,39). The number of benzene rings is 3. The summed E-state index contributed by atoms with van der Waals surface area (Å²) in [4.78, 5) is 22.8. The van der Waals surface area contributed by atoms with E-state index in [9.17, 15) is 4.79 Å². The molecule has 6 nitrogen and oxygen atoms in total. The highest BCUT2D eigenvalue weighted by Gasteiger charge is 2.46. The maximum absolute atomic E-state index is 12.9. The third-order valence-corrected chi connectivity index (χ3v) is 8.33. The second-order valence-electron chi connectivity index (χ2n) is 10.9. The number of fused-ring (bicyclic) bond motifs is 4. The summed E-state index contributed by atoms with van der Waals surface area (Å²) >= 11 is 0. The minimum atomic E-state index is -0.758. The van der Waals surface area contributed by atoms with Crippen molar-refractivity contribution >= 4 is 22.8 Å². The lowest BCUT2D eigenvalue weighted by molar-refractivity contribution is 0.0329. The summed E-state index contributed by atoms with van der Waals surface area (Å²) in [5.41, 5.74) is 4.82. The first-order chi connectivity index (χ1) is 19.7. The van der Waals surface area contributed by atoms with Gasteiger partial charge in [-0.3, -0.25) is 4.90 Å². The molecule has 1 fully saturated rings. The van der Waals surface area contributed by atoms with E-state index >= 15 is 0 Å². The van der Waals surface area contributed by atoms with Crippen molar-refractivity contribution in [2.45, 2.75) is 38.2 Å². The van der Waals surface area contributed by atoms with E-state index in [0.29, 0.717) is 6.54 Å². The van der Waals surface area contributed by atoms with Gasteiger partial charge in [0.05, 0.1) is 5.52 Å². The molecule has 40 heavy (non-hydrogen) atoms. The summed E-state index contributed by atoms with van der Waals surface area (Å²) in [6.07, 6.45) is 3.32. The molecule has 1 amide bonds. The molecule has 0 bridgehead atoms. The highest BCUT2D eigenvalue weighted by molar-refractivity contribution is 5.82. The van der Waals surface area contributed by atoms with E-state index in [-0.39, 0.29) is 6.09 Å². The first-order valence-corrected chi connectivity index (χ1v) is 14.7. The van der Waals surface area contributed by atoms with Gasteiger partial charge in [0.2, 0.25) is 0 Å². The Morgan fingerprint density at radius 3 is 2.25 bits per heavy atom. The van der Waals surface area contributed by atoms with Crippen LogP contribution in [0.5, 0.6) is 0 Å². The summed E-state index contributed by atoms with van der Waals surface area (Å²) in [5, 5.41) is 4.12. The molecule has 0 atom stereocenters. The molecule has 1 N–H and O–H groups in total. The van der Waals surface area contributed by atoms with Crippen LogP contribution in [-0.2, 0) is 10.3 Å². The van der Waals surface area contributed by atoms with Gasteiger partial charge in [0, 0.05) is 49.2 Å². The molecule has 206 valence electrons. The van der Waals surface area contributed by atoms with Crippen molar-refractivity contribution in [3.05, 3.63) is 96.1 Å². The average Bonchev–Trinajstić information content (AvgIpc) is 3.28. The number of hydrogen-bond donors (Lipinski definition) is 1. The van der Waals surface area contributed by atoms with E-state index in [4.69, 9.17) is 9.72 Å². The second kappa shape index (κ2) is 11.7. The number of alkyl carbamates (subject to hydrolysis) is 1. The first-order valence-electron chi connectivity index (χ1n) is 14.7. The second-order valence-corrected chi connectivity index (χ2v) is 10.9. The highest BCUT2D eigenvalue weighted by atomic mass is 16.6. The van der Waals surface area contributed by atoms with Crippen LogP contribution in [0.2, 0.25) is 0 Å². The van der Waals surface area contributed by atoms with Gasteiger partial charge in [0.25, 0.3) is 0 Å². The molecule has 1 aliphatic heterocycles. The van der Waals surface area contributed by atoms with Crippen LogP contribution in [0.3, 0.4) is 0 Å². The monoisotopic (exact) mass is 534 g/mol. The van der Waals surface area contributed by atoms with Gasteiger partial charge >= 0.3 is 6.09 Å². The van der Waals surface area contributed by atoms with Gasteiger partial charge in [-0.05, 0) is 61.6 Å². The van der Waals surface area contributed by atoms with E-state index in [1.807, 2.05) is 13.0 Å². The number of para-hydroxylation sites is 1. The van der Waals surface area contributed by atoms with E-state index < -0.39 is 5.60 Å². The van der Waals surface area contributed by atoms with Gasteiger partial charge < -0.3 is 15.0 Å². The molecule has 1 aromatic heterocycles. The fraction of sp³-hybridized carbons (Fsp3) is 0.353. The number of pyridine rings is 1. The normalized spacial score (nSPS) is 16.0. The van der Waals surface area contributed by atoms with Crippen molar-refractivity contribution in [3.63, 3.8) is 0 Å². The Labute approximate surface area is 237 Å². The van der Waals surface area contributed by atoms with E-state index in [1.165, 1.54) is 16.5 Å². The number of piperazine rings is 1. The molecule has 1 aliphatic carbocycles. The van der Waals surface area contributed by atoms with Crippen LogP contribution >= 0.6 is 0 Å². The summed E-state index contributed by atoms with van der Waals surface area (Å²) in [7, 11) is 0. The molecule has 2 aliphatic rings. The van der Waals surface area contributed by atoms with Crippen LogP contribution in [0.15, 0.2) is 84.9 Å². The van der Waals surface area contributed by atoms with Crippen molar-refractivity contribution in [2.24, 2.45) is 0 Å². The Morgan fingerprint density at radius 1 is 0.850 bits per heavy atom. The number of nitrogens with zero attached hydrogens (tertiary/aromatic N) is 3. The maximum Gasteiger partial charge on any atom is 0.408 e. The quantitative estimate of drug-likeness (QED) is 0.246. The summed E-state index contributed by atoms with van der Waals surface area (Å²) in [5.74, 6) is 1.07. The minimum Gasteiger partial charge on any atom is -0.433 e. The van der Waals surface area contributed by atoms with Gasteiger partial charge in [0.1, 0.15) is 5.82 Å². The topological polar surface area (TPSA) is 57.7 Å². The van der Waals surface area contributed by atoms with Crippen LogP contribution in [0.1, 0.15) is 43.7 Å². The smallest absolute Gasteiger partial charge is 0.408 e. The van der Waals surface area contributed by atoms with Gasteiger partial charge in [-0.15, -0.1) is 0 Å². The number of amides is 1. The van der Waals surface area contributed by atoms with E-state index in [2.05, 4.69) is 94.0 Å².